The maximum atomic E-state index is 10.9. The second kappa shape index (κ2) is 7.51. The molecular weight excluding hydrogens is 308 g/mol. The van der Waals surface area contributed by atoms with Crippen LogP contribution < -0.4 is 0 Å². The van der Waals surface area contributed by atoms with Crippen molar-refractivity contribution in [2.24, 2.45) is 23.7 Å². The van der Waals surface area contributed by atoms with Gasteiger partial charge in [0.05, 0.1) is 5.92 Å². The van der Waals surface area contributed by atoms with Crippen LogP contribution in [0.4, 0.5) is 0 Å². The van der Waals surface area contributed by atoms with E-state index in [2.05, 4.69) is 43.5 Å². The van der Waals surface area contributed by atoms with Crippen LogP contribution in [0.3, 0.4) is 0 Å². The third-order valence-electron chi connectivity index (χ3n) is 7.00. The molecule has 0 heterocycles. The van der Waals surface area contributed by atoms with E-state index in [1.807, 2.05) is 6.92 Å². The Bertz CT molecular complexity index is 590. The number of aliphatic hydroxyl groups is 1. The molecule has 0 spiro atoms. The SMILES string of the molecule is [C-]#[N+][C@@H]1[C@@H]2[C@@H]([C@@H](C)CCC=C(C)C)CC[C@](C)([N+]#[C-])[C@H]2CC[C@@]1(C)O. The van der Waals surface area contributed by atoms with Crippen LogP contribution in [-0.2, 0) is 0 Å². The molecule has 0 radical (unpaired) electrons. The van der Waals surface area contributed by atoms with Gasteiger partial charge in [-0.05, 0) is 64.7 Å². The molecule has 3 nitrogen and oxygen atoms in total. The number of fused-ring (bicyclic) bond motifs is 1. The average molecular weight is 343 g/mol. The van der Waals surface area contributed by atoms with Gasteiger partial charge in [-0.25, -0.2) is 13.1 Å². The summed E-state index contributed by atoms with van der Waals surface area (Å²) in [7, 11) is 0. The van der Waals surface area contributed by atoms with Crippen molar-refractivity contribution in [1.29, 1.82) is 0 Å². The van der Waals surface area contributed by atoms with E-state index in [0.29, 0.717) is 18.3 Å². The van der Waals surface area contributed by atoms with Gasteiger partial charge in [0.25, 0.3) is 6.04 Å². The zero-order valence-electron chi connectivity index (χ0n) is 16.5. The summed E-state index contributed by atoms with van der Waals surface area (Å²) in [6.45, 7) is 26.0. The van der Waals surface area contributed by atoms with Gasteiger partial charge in [0.15, 0.2) is 0 Å². The summed E-state index contributed by atoms with van der Waals surface area (Å²) in [5, 5.41) is 10.9. The predicted molar refractivity (Wildman–Crippen MR) is 103 cm³/mol. The quantitative estimate of drug-likeness (QED) is 0.529. The Hall–Kier alpha value is -1.32. The number of allylic oxidation sites excluding steroid dienone is 2. The first kappa shape index (κ1) is 20.0. The fourth-order valence-corrected chi connectivity index (χ4v) is 5.39. The van der Waals surface area contributed by atoms with E-state index in [1.165, 1.54) is 5.57 Å². The van der Waals surface area contributed by atoms with Crippen molar-refractivity contribution in [2.75, 3.05) is 0 Å². The molecule has 0 bridgehead atoms. The Labute approximate surface area is 154 Å². The maximum Gasteiger partial charge on any atom is 0.255 e. The topological polar surface area (TPSA) is 29.0 Å². The molecular formula is C22H34N2O. The molecule has 0 unspecified atom stereocenters. The normalized spacial score (nSPS) is 41.8. The molecule has 7 atom stereocenters. The Kier molecular flexibility index (Phi) is 6.01. The summed E-state index contributed by atoms with van der Waals surface area (Å²) < 4.78 is 0. The Morgan fingerprint density at radius 1 is 1.24 bits per heavy atom. The van der Waals surface area contributed by atoms with E-state index in [9.17, 15) is 5.11 Å². The molecule has 3 heteroatoms. The largest absolute Gasteiger partial charge is 0.382 e. The molecule has 138 valence electrons. The van der Waals surface area contributed by atoms with Crippen LogP contribution in [0, 0.1) is 36.8 Å². The summed E-state index contributed by atoms with van der Waals surface area (Å²) in [5.41, 5.74) is 0.0790. The highest BCUT2D eigenvalue weighted by atomic mass is 16.3. The minimum Gasteiger partial charge on any atom is -0.382 e. The lowest BCUT2D eigenvalue weighted by Gasteiger charge is -2.50. The lowest BCUT2D eigenvalue weighted by atomic mass is 9.52. The highest BCUT2D eigenvalue weighted by Crippen LogP contribution is 2.55. The van der Waals surface area contributed by atoms with Gasteiger partial charge in [-0.2, -0.15) is 0 Å². The highest BCUT2D eigenvalue weighted by Gasteiger charge is 2.62. The molecule has 0 aromatic rings. The summed E-state index contributed by atoms with van der Waals surface area (Å²) >= 11 is 0. The van der Waals surface area contributed by atoms with Crippen LogP contribution >= 0.6 is 0 Å². The van der Waals surface area contributed by atoms with E-state index in [4.69, 9.17) is 13.1 Å². The fourth-order valence-electron chi connectivity index (χ4n) is 5.39. The van der Waals surface area contributed by atoms with Gasteiger partial charge in [0.1, 0.15) is 5.60 Å². The minimum atomic E-state index is -0.916. The van der Waals surface area contributed by atoms with Crippen LogP contribution in [0.15, 0.2) is 11.6 Å². The first-order chi connectivity index (χ1) is 11.7. The molecule has 2 fully saturated rings. The number of hydrogen-bond acceptors (Lipinski definition) is 1. The van der Waals surface area contributed by atoms with Crippen LogP contribution in [-0.4, -0.2) is 22.3 Å². The minimum absolute atomic E-state index is 0.149. The Morgan fingerprint density at radius 2 is 1.92 bits per heavy atom. The predicted octanol–water partition coefficient (Wildman–Crippen LogP) is 5.52. The van der Waals surface area contributed by atoms with Crippen LogP contribution in [0.2, 0.25) is 0 Å². The first-order valence-corrected chi connectivity index (χ1v) is 9.77. The molecule has 0 saturated heterocycles. The van der Waals surface area contributed by atoms with E-state index in [1.54, 1.807) is 0 Å². The number of nitrogens with zero attached hydrogens (tertiary/aromatic N) is 2. The standard InChI is InChI=1S/C22H34N2O/c1-15(2)9-8-10-16(3)17-11-13-21(4,24-7)18-12-14-22(5,25)20(23-6)19(17)18/h9,16-20,25H,8,10-14H2,1-5H3/t16-,17+,18-,19+,20+,21-,22+/m0/s1. The fraction of sp³-hybridized carbons (Fsp3) is 0.818. The van der Waals surface area contributed by atoms with Crippen LogP contribution in [0.5, 0.6) is 0 Å². The molecule has 0 aliphatic heterocycles. The zero-order chi connectivity index (χ0) is 18.8. The smallest absolute Gasteiger partial charge is 0.255 e. The molecule has 0 aromatic carbocycles. The van der Waals surface area contributed by atoms with Crippen molar-refractivity contribution in [3.05, 3.63) is 34.5 Å². The van der Waals surface area contributed by atoms with E-state index in [0.717, 1.165) is 32.1 Å². The number of rotatable bonds is 4. The van der Waals surface area contributed by atoms with Gasteiger partial charge in [-0.3, -0.25) is 0 Å². The summed E-state index contributed by atoms with van der Waals surface area (Å²) in [4.78, 5) is 7.93. The summed E-state index contributed by atoms with van der Waals surface area (Å²) in [6, 6.07) is -0.372. The monoisotopic (exact) mass is 342 g/mol. The van der Waals surface area contributed by atoms with Gasteiger partial charge >= 0.3 is 0 Å². The van der Waals surface area contributed by atoms with Gasteiger partial charge < -0.3 is 14.8 Å². The van der Waals surface area contributed by atoms with E-state index >= 15 is 0 Å². The second-order valence-corrected chi connectivity index (χ2v) is 9.16. The molecule has 2 saturated carbocycles. The first-order valence-electron chi connectivity index (χ1n) is 9.77. The Balaban J connectivity index is 2.30. The molecule has 0 aromatic heterocycles. The lowest BCUT2D eigenvalue weighted by Crippen LogP contribution is -2.59. The third-order valence-corrected chi connectivity index (χ3v) is 7.00. The molecule has 0 amide bonds. The van der Waals surface area contributed by atoms with Crippen LogP contribution in [0.1, 0.15) is 73.1 Å². The van der Waals surface area contributed by atoms with Gasteiger partial charge in [0.2, 0.25) is 5.54 Å². The van der Waals surface area contributed by atoms with Crippen molar-refractivity contribution in [2.45, 2.75) is 90.3 Å². The van der Waals surface area contributed by atoms with Crippen molar-refractivity contribution >= 4 is 0 Å². The van der Waals surface area contributed by atoms with Crippen LogP contribution in [0.25, 0.3) is 9.69 Å². The molecule has 25 heavy (non-hydrogen) atoms. The summed E-state index contributed by atoms with van der Waals surface area (Å²) in [6.07, 6.45) is 7.96. The molecule has 2 rings (SSSR count). The Morgan fingerprint density at radius 3 is 2.48 bits per heavy atom. The molecule has 2 aliphatic rings. The van der Waals surface area contributed by atoms with E-state index in [-0.39, 0.29) is 23.4 Å². The molecule has 1 N–H and O–H groups in total. The molecule has 2 aliphatic carbocycles. The second-order valence-electron chi connectivity index (χ2n) is 9.16. The van der Waals surface area contributed by atoms with E-state index < -0.39 is 5.60 Å². The zero-order valence-corrected chi connectivity index (χ0v) is 16.5. The van der Waals surface area contributed by atoms with Gasteiger partial charge in [-0.1, -0.05) is 18.6 Å². The lowest BCUT2D eigenvalue weighted by molar-refractivity contribution is -0.0793. The number of hydrogen-bond donors (Lipinski definition) is 1. The van der Waals surface area contributed by atoms with Gasteiger partial charge in [0, 0.05) is 19.3 Å². The van der Waals surface area contributed by atoms with Crippen molar-refractivity contribution in [3.8, 4) is 0 Å². The van der Waals surface area contributed by atoms with Crippen molar-refractivity contribution < 1.29 is 5.11 Å². The third kappa shape index (κ3) is 3.93. The average Bonchev–Trinajstić information content (AvgIpc) is 2.53. The highest BCUT2D eigenvalue weighted by molar-refractivity contribution is 5.17. The summed E-state index contributed by atoms with van der Waals surface area (Å²) in [5.74, 6) is 1.36. The van der Waals surface area contributed by atoms with Gasteiger partial charge in [-0.15, -0.1) is 0 Å². The maximum absolute atomic E-state index is 10.9. The van der Waals surface area contributed by atoms with Crippen molar-refractivity contribution in [1.82, 2.24) is 0 Å². The van der Waals surface area contributed by atoms with Crippen molar-refractivity contribution in [3.63, 3.8) is 0 Å².